The molecule has 1 amide bonds. The van der Waals surface area contributed by atoms with Crippen LogP contribution < -0.4 is 10.2 Å². The first-order chi connectivity index (χ1) is 11.7. The molecule has 3 nitrogen and oxygen atoms in total. The third kappa shape index (κ3) is 4.57. The molecule has 0 saturated carbocycles. The maximum Gasteiger partial charge on any atom is 0.220 e. The lowest BCUT2D eigenvalue weighted by Gasteiger charge is -2.17. The Balaban J connectivity index is 1.43. The molecule has 1 aliphatic heterocycles. The highest BCUT2D eigenvalue weighted by Crippen LogP contribution is 2.20. The van der Waals surface area contributed by atoms with Gasteiger partial charge in [0, 0.05) is 31.7 Å². The summed E-state index contributed by atoms with van der Waals surface area (Å²) in [6.07, 6.45) is 3.74. The molecule has 2 aromatic carbocycles. The van der Waals surface area contributed by atoms with Crippen LogP contribution in [0.5, 0.6) is 0 Å². The number of hydrogen-bond donors (Lipinski definition) is 1. The van der Waals surface area contributed by atoms with E-state index in [1.54, 1.807) is 12.1 Å². The number of amides is 1. The zero-order chi connectivity index (χ0) is 16.8. The minimum absolute atomic E-state index is 0.0166. The first-order valence-corrected chi connectivity index (χ1v) is 8.56. The van der Waals surface area contributed by atoms with Crippen molar-refractivity contribution < 1.29 is 9.18 Å². The molecule has 4 heteroatoms. The maximum atomic E-state index is 12.8. The molecule has 1 fully saturated rings. The minimum atomic E-state index is -0.262. The van der Waals surface area contributed by atoms with E-state index in [1.165, 1.54) is 36.2 Å². The van der Waals surface area contributed by atoms with Crippen LogP contribution in [0.3, 0.4) is 0 Å². The van der Waals surface area contributed by atoms with E-state index in [9.17, 15) is 9.18 Å². The standard InChI is InChI=1S/C20H23FN2O/c21-18-8-3-17(4-9-18)15-22-20(24)12-7-16-5-10-19(11-6-16)23-13-1-2-14-23/h3-6,8-11H,1-2,7,12-15H2,(H,22,24). The Morgan fingerprint density at radius 1 is 0.958 bits per heavy atom. The number of hydrogen-bond acceptors (Lipinski definition) is 2. The predicted octanol–water partition coefficient (Wildman–Crippen LogP) is 3.67. The van der Waals surface area contributed by atoms with Gasteiger partial charge in [-0.3, -0.25) is 4.79 Å². The molecule has 1 N–H and O–H groups in total. The summed E-state index contributed by atoms with van der Waals surface area (Å²) in [5.41, 5.74) is 3.35. The molecular formula is C20H23FN2O. The number of nitrogens with zero attached hydrogens (tertiary/aromatic N) is 1. The Hall–Kier alpha value is -2.36. The molecule has 0 spiro atoms. The van der Waals surface area contributed by atoms with E-state index in [0.717, 1.165) is 25.1 Å². The van der Waals surface area contributed by atoms with E-state index in [0.29, 0.717) is 13.0 Å². The fourth-order valence-electron chi connectivity index (χ4n) is 3.00. The number of nitrogens with one attached hydrogen (secondary N) is 1. The lowest BCUT2D eigenvalue weighted by atomic mass is 10.1. The summed E-state index contributed by atoms with van der Waals surface area (Å²) in [4.78, 5) is 14.3. The topological polar surface area (TPSA) is 32.3 Å². The highest BCUT2D eigenvalue weighted by Gasteiger charge is 2.11. The Kier molecular flexibility index (Phi) is 5.47. The Morgan fingerprint density at radius 3 is 2.25 bits per heavy atom. The quantitative estimate of drug-likeness (QED) is 0.878. The van der Waals surface area contributed by atoms with E-state index < -0.39 is 0 Å². The first kappa shape index (κ1) is 16.5. The number of aryl methyl sites for hydroxylation is 1. The third-order valence-corrected chi connectivity index (χ3v) is 4.45. The summed E-state index contributed by atoms with van der Waals surface area (Å²) in [5, 5.41) is 2.88. The van der Waals surface area contributed by atoms with E-state index >= 15 is 0 Å². The second-order valence-electron chi connectivity index (χ2n) is 6.26. The van der Waals surface area contributed by atoms with Crippen LogP contribution in [-0.2, 0) is 17.8 Å². The largest absolute Gasteiger partial charge is 0.372 e. The zero-order valence-corrected chi connectivity index (χ0v) is 13.8. The SMILES string of the molecule is O=C(CCc1ccc(N2CCCC2)cc1)NCc1ccc(F)cc1. The summed E-state index contributed by atoms with van der Waals surface area (Å²) < 4.78 is 12.8. The van der Waals surface area contributed by atoms with E-state index in [-0.39, 0.29) is 11.7 Å². The zero-order valence-electron chi connectivity index (χ0n) is 13.8. The molecule has 1 aliphatic rings. The van der Waals surface area contributed by atoms with Crippen LogP contribution in [0.2, 0.25) is 0 Å². The van der Waals surface area contributed by atoms with Crippen molar-refractivity contribution >= 4 is 11.6 Å². The Bertz CT molecular complexity index is 661. The smallest absolute Gasteiger partial charge is 0.220 e. The molecular weight excluding hydrogens is 303 g/mol. The monoisotopic (exact) mass is 326 g/mol. The van der Waals surface area contributed by atoms with Gasteiger partial charge in [0.1, 0.15) is 5.82 Å². The number of carbonyl (C=O) groups is 1. The molecule has 0 radical (unpaired) electrons. The summed E-state index contributed by atoms with van der Waals surface area (Å²) in [5.74, 6) is -0.245. The van der Waals surface area contributed by atoms with Crippen molar-refractivity contribution in [2.75, 3.05) is 18.0 Å². The van der Waals surface area contributed by atoms with Gasteiger partial charge >= 0.3 is 0 Å². The molecule has 126 valence electrons. The average molecular weight is 326 g/mol. The minimum Gasteiger partial charge on any atom is -0.372 e. The summed E-state index contributed by atoms with van der Waals surface area (Å²) in [7, 11) is 0. The lowest BCUT2D eigenvalue weighted by molar-refractivity contribution is -0.121. The van der Waals surface area contributed by atoms with Crippen molar-refractivity contribution in [3.63, 3.8) is 0 Å². The molecule has 1 saturated heterocycles. The molecule has 0 atom stereocenters. The second kappa shape index (κ2) is 7.95. The van der Waals surface area contributed by atoms with Crippen LogP contribution in [0.4, 0.5) is 10.1 Å². The van der Waals surface area contributed by atoms with Gasteiger partial charge in [0.2, 0.25) is 5.91 Å². The highest BCUT2D eigenvalue weighted by molar-refractivity contribution is 5.76. The molecule has 0 bridgehead atoms. The van der Waals surface area contributed by atoms with Crippen LogP contribution in [0.15, 0.2) is 48.5 Å². The van der Waals surface area contributed by atoms with Crippen molar-refractivity contribution in [1.82, 2.24) is 5.32 Å². The van der Waals surface area contributed by atoms with E-state index in [2.05, 4.69) is 34.5 Å². The van der Waals surface area contributed by atoms with Crippen molar-refractivity contribution in [3.05, 3.63) is 65.5 Å². The summed E-state index contributed by atoms with van der Waals surface area (Å²) >= 11 is 0. The fraction of sp³-hybridized carbons (Fsp3) is 0.350. The van der Waals surface area contributed by atoms with Crippen molar-refractivity contribution in [1.29, 1.82) is 0 Å². The van der Waals surface area contributed by atoms with Crippen LogP contribution in [0.25, 0.3) is 0 Å². The van der Waals surface area contributed by atoms with Gasteiger partial charge in [-0.25, -0.2) is 4.39 Å². The van der Waals surface area contributed by atoms with Gasteiger partial charge in [-0.2, -0.15) is 0 Å². The molecule has 24 heavy (non-hydrogen) atoms. The molecule has 0 unspecified atom stereocenters. The Labute approximate surface area is 142 Å². The Morgan fingerprint density at radius 2 is 1.58 bits per heavy atom. The van der Waals surface area contributed by atoms with Gasteiger partial charge in [0.15, 0.2) is 0 Å². The molecule has 1 heterocycles. The van der Waals surface area contributed by atoms with Gasteiger partial charge < -0.3 is 10.2 Å². The van der Waals surface area contributed by atoms with Gasteiger partial charge in [-0.15, -0.1) is 0 Å². The van der Waals surface area contributed by atoms with Gasteiger partial charge in [0.25, 0.3) is 0 Å². The van der Waals surface area contributed by atoms with Gasteiger partial charge in [-0.1, -0.05) is 24.3 Å². The van der Waals surface area contributed by atoms with Crippen molar-refractivity contribution in [2.24, 2.45) is 0 Å². The van der Waals surface area contributed by atoms with Crippen molar-refractivity contribution in [2.45, 2.75) is 32.2 Å². The summed E-state index contributed by atoms with van der Waals surface area (Å²) in [6.45, 7) is 2.73. The van der Waals surface area contributed by atoms with Gasteiger partial charge in [0.05, 0.1) is 0 Å². The third-order valence-electron chi connectivity index (χ3n) is 4.45. The van der Waals surface area contributed by atoms with Gasteiger partial charge in [-0.05, 0) is 54.7 Å². The molecule has 2 aromatic rings. The van der Waals surface area contributed by atoms with Crippen molar-refractivity contribution in [3.8, 4) is 0 Å². The van der Waals surface area contributed by atoms with Crippen LogP contribution in [0, 0.1) is 5.82 Å². The molecule has 0 aliphatic carbocycles. The van der Waals surface area contributed by atoms with Crippen LogP contribution in [-0.4, -0.2) is 19.0 Å². The first-order valence-electron chi connectivity index (χ1n) is 8.56. The molecule has 0 aromatic heterocycles. The number of benzene rings is 2. The number of rotatable bonds is 6. The van der Waals surface area contributed by atoms with E-state index in [1.807, 2.05) is 0 Å². The highest BCUT2D eigenvalue weighted by atomic mass is 19.1. The number of anilines is 1. The average Bonchev–Trinajstić information content (AvgIpc) is 3.14. The number of carbonyl (C=O) groups excluding carboxylic acids is 1. The maximum absolute atomic E-state index is 12.8. The van der Waals surface area contributed by atoms with E-state index in [4.69, 9.17) is 0 Å². The van der Waals surface area contributed by atoms with Crippen LogP contribution >= 0.6 is 0 Å². The molecule has 3 rings (SSSR count). The lowest BCUT2D eigenvalue weighted by Crippen LogP contribution is -2.23. The van der Waals surface area contributed by atoms with Crippen LogP contribution in [0.1, 0.15) is 30.4 Å². The fourth-order valence-corrected chi connectivity index (χ4v) is 3.00. The second-order valence-corrected chi connectivity index (χ2v) is 6.26. The number of halogens is 1. The summed E-state index contributed by atoms with van der Waals surface area (Å²) in [6, 6.07) is 14.7. The predicted molar refractivity (Wildman–Crippen MR) is 94.5 cm³/mol. The normalized spacial score (nSPS) is 14.0.